The minimum Gasteiger partial charge on any atom is -0.423 e. The van der Waals surface area contributed by atoms with Gasteiger partial charge in [-0.15, -0.1) is 0 Å². The fourth-order valence-electron chi connectivity index (χ4n) is 7.32. The SMILES string of the molecule is Cc1c(N(c2ccccc2)c2cc3ccccc3c3ccccc23)oc(N(c2ccccc2)c2cc3ccccc3c3ccccc23)c1C. The van der Waals surface area contributed by atoms with Gasteiger partial charge < -0.3 is 4.42 Å². The highest BCUT2D eigenvalue weighted by Gasteiger charge is 2.29. The number of fused-ring (bicyclic) bond motifs is 6. The molecule has 8 aromatic carbocycles. The van der Waals surface area contributed by atoms with Gasteiger partial charge in [0.05, 0.1) is 11.4 Å². The van der Waals surface area contributed by atoms with E-state index in [9.17, 15) is 0 Å². The largest absolute Gasteiger partial charge is 0.423 e. The van der Waals surface area contributed by atoms with Crippen LogP contribution in [-0.2, 0) is 0 Å². The summed E-state index contributed by atoms with van der Waals surface area (Å²) in [4.78, 5) is 4.59. The van der Waals surface area contributed by atoms with E-state index in [1.807, 2.05) is 0 Å². The van der Waals surface area contributed by atoms with E-state index in [1.54, 1.807) is 0 Å². The van der Waals surface area contributed by atoms with Crippen LogP contribution in [0.4, 0.5) is 34.5 Å². The number of hydrogen-bond donors (Lipinski definition) is 0. The number of furan rings is 1. The zero-order valence-corrected chi connectivity index (χ0v) is 27.5. The van der Waals surface area contributed by atoms with Gasteiger partial charge in [-0.25, -0.2) is 0 Å². The fraction of sp³-hybridized carbons (Fsp3) is 0.0435. The van der Waals surface area contributed by atoms with Gasteiger partial charge in [0.1, 0.15) is 0 Å². The summed E-state index contributed by atoms with van der Waals surface area (Å²) in [6, 6.07) is 60.4. The Morgan fingerprint density at radius 3 is 1.08 bits per heavy atom. The summed E-state index contributed by atoms with van der Waals surface area (Å²) in [6.07, 6.45) is 0. The van der Waals surface area contributed by atoms with E-state index in [2.05, 4.69) is 194 Å². The minimum atomic E-state index is 0.796. The Morgan fingerprint density at radius 1 is 0.347 bits per heavy atom. The van der Waals surface area contributed by atoms with E-state index in [-0.39, 0.29) is 0 Å². The number of benzene rings is 8. The zero-order chi connectivity index (χ0) is 32.9. The Labute approximate surface area is 285 Å². The molecule has 9 aromatic rings. The molecule has 234 valence electrons. The molecule has 3 nitrogen and oxygen atoms in total. The fourth-order valence-corrected chi connectivity index (χ4v) is 7.32. The molecule has 0 aliphatic carbocycles. The van der Waals surface area contributed by atoms with Crippen molar-refractivity contribution in [2.75, 3.05) is 9.80 Å². The van der Waals surface area contributed by atoms with Gasteiger partial charge in [0.15, 0.2) is 0 Å². The van der Waals surface area contributed by atoms with Gasteiger partial charge >= 0.3 is 0 Å². The van der Waals surface area contributed by atoms with Crippen molar-refractivity contribution in [1.29, 1.82) is 0 Å². The summed E-state index contributed by atoms with van der Waals surface area (Å²) in [5, 5.41) is 9.61. The molecule has 0 saturated carbocycles. The Morgan fingerprint density at radius 2 is 0.673 bits per heavy atom. The second-order valence-corrected chi connectivity index (χ2v) is 12.6. The first kappa shape index (κ1) is 28.9. The monoisotopic (exact) mass is 630 g/mol. The second kappa shape index (κ2) is 11.7. The van der Waals surface area contributed by atoms with Gasteiger partial charge in [0, 0.05) is 33.3 Å². The molecule has 0 unspecified atom stereocenters. The second-order valence-electron chi connectivity index (χ2n) is 12.6. The first-order chi connectivity index (χ1) is 24.2. The van der Waals surface area contributed by atoms with Crippen molar-refractivity contribution in [1.82, 2.24) is 0 Å². The average molecular weight is 631 g/mol. The topological polar surface area (TPSA) is 19.6 Å². The summed E-state index contributed by atoms with van der Waals surface area (Å²) in [6.45, 7) is 4.36. The highest BCUT2D eigenvalue weighted by Crippen LogP contribution is 2.50. The predicted octanol–water partition coefficient (Wildman–Crippen LogP) is 13.4. The molecule has 0 aliphatic heterocycles. The zero-order valence-electron chi connectivity index (χ0n) is 27.5. The van der Waals surface area contributed by atoms with Crippen LogP contribution >= 0.6 is 0 Å². The number of hydrogen-bond acceptors (Lipinski definition) is 3. The number of anilines is 6. The molecule has 0 radical (unpaired) electrons. The summed E-state index contributed by atoms with van der Waals surface area (Å²) < 4.78 is 7.26. The van der Waals surface area contributed by atoms with Crippen molar-refractivity contribution in [3.05, 3.63) is 181 Å². The van der Waals surface area contributed by atoms with E-state index < -0.39 is 0 Å². The maximum absolute atomic E-state index is 7.26. The molecule has 9 rings (SSSR count). The van der Waals surface area contributed by atoms with Gasteiger partial charge in [0.2, 0.25) is 11.8 Å². The van der Waals surface area contributed by atoms with Crippen molar-refractivity contribution in [3.8, 4) is 0 Å². The third kappa shape index (κ3) is 4.74. The van der Waals surface area contributed by atoms with Crippen LogP contribution in [0.5, 0.6) is 0 Å². The quantitative estimate of drug-likeness (QED) is 0.170. The lowest BCUT2D eigenvalue weighted by Crippen LogP contribution is -2.12. The van der Waals surface area contributed by atoms with E-state index in [4.69, 9.17) is 4.42 Å². The molecule has 1 heterocycles. The summed E-state index contributed by atoms with van der Waals surface area (Å²) in [5.74, 6) is 1.59. The van der Waals surface area contributed by atoms with Crippen LogP contribution in [0, 0.1) is 13.8 Å². The molecule has 1 aromatic heterocycles. The number of nitrogens with zero attached hydrogens (tertiary/aromatic N) is 2. The molecular formula is C46H34N2O. The first-order valence-corrected chi connectivity index (χ1v) is 16.8. The summed E-state index contributed by atoms with van der Waals surface area (Å²) in [5.41, 5.74) is 6.39. The van der Waals surface area contributed by atoms with Gasteiger partial charge in [-0.2, -0.15) is 0 Å². The Balaban J connectivity index is 1.33. The van der Waals surface area contributed by atoms with Gasteiger partial charge in [-0.3, -0.25) is 9.80 Å². The molecule has 0 saturated heterocycles. The van der Waals surface area contributed by atoms with Crippen molar-refractivity contribution in [2.24, 2.45) is 0 Å². The molecule has 0 bridgehead atoms. The maximum Gasteiger partial charge on any atom is 0.210 e. The molecule has 49 heavy (non-hydrogen) atoms. The lowest BCUT2D eigenvalue weighted by Gasteiger charge is -2.27. The molecule has 0 aliphatic rings. The summed E-state index contributed by atoms with van der Waals surface area (Å²) >= 11 is 0. The van der Waals surface area contributed by atoms with E-state index in [1.165, 1.54) is 43.1 Å². The van der Waals surface area contributed by atoms with E-state index in [0.29, 0.717) is 0 Å². The molecule has 0 fully saturated rings. The van der Waals surface area contributed by atoms with Crippen molar-refractivity contribution in [2.45, 2.75) is 13.8 Å². The average Bonchev–Trinajstić information content (AvgIpc) is 3.45. The van der Waals surface area contributed by atoms with Gasteiger partial charge in [-0.05, 0) is 82.6 Å². The van der Waals surface area contributed by atoms with Crippen LogP contribution in [0.1, 0.15) is 11.1 Å². The smallest absolute Gasteiger partial charge is 0.210 e. The highest BCUT2D eigenvalue weighted by molar-refractivity contribution is 6.16. The van der Waals surface area contributed by atoms with Crippen LogP contribution in [0.3, 0.4) is 0 Å². The summed E-state index contributed by atoms with van der Waals surface area (Å²) in [7, 11) is 0. The van der Waals surface area contributed by atoms with Crippen LogP contribution in [0.25, 0.3) is 43.1 Å². The van der Waals surface area contributed by atoms with Crippen LogP contribution in [0.2, 0.25) is 0 Å². The lowest BCUT2D eigenvalue weighted by molar-refractivity contribution is 0.577. The van der Waals surface area contributed by atoms with Gasteiger partial charge in [0.25, 0.3) is 0 Å². The number of rotatable bonds is 6. The molecule has 0 N–H and O–H groups in total. The first-order valence-electron chi connectivity index (χ1n) is 16.8. The standard InChI is InChI=1S/C46H34N2O/c1-31-32(2)46(48(36-21-7-4-8-22-36)44-30-34-18-10-12-24-38(34)40-26-14-16-28-42(40)44)49-45(31)47(35-19-5-3-6-20-35)43-29-33-17-9-11-23-37(33)39-25-13-15-27-41(39)43/h3-30H,1-2H3. The van der Waals surface area contributed by atoms with Crippen molar-refractivity contribution < 1.29 is 4.42 Å². The Bertz CT molecular complexity index is 2460. The molecule has 0 atom stereocenters. The third-order valence-corrected chi connectivity index (χ3v) is 9.81. The lowest BCUT2D eigenvalue weighted by atomic mass is 9.99. The maximum atomic E-state index is 7.26. The third-order valence-electron chi connectivity index (χ3n) is 9.81. The van der Waals surface area contributed by atoms with Gasteiger partial charge in [-0.1, -0.05) is 133 Å². The van der Waals surface area contributed by atoms with E-state index in [0.717, 1.165) is 45.6 Å². The minimum absolute atomic E-state index is 0.796. The molecular weight excluding hydrogens is 597 g/mol. The normalized spacial score (nSPS) is 11.5. The molecule has 0 amide bonds. The van der Waals surface area contributed by atoms with Crippen LogP contribution < -0.4 is 9.80 Å². The molecule has 0 spiro atoms. The number of para-hydroxylation sites is 2. The van der Waals surface area contributed by atoms with Crippen LogP contribution in [0.15, 0.2) is 174 Å². The molecule has 3 heteroatoms. The predicted molar refractivity (Wildman–Crippen MR) is 208 cm³/mol. The Hall–Kier alpha value is -6.32. The van der Waals surface area contributed by atoms with E-state index >= 15 is 0 Å². The van der Waals surface area contributed by atoms with Crippen molar-refractivity contribution >= 4 is 77.6 Å². The van der Waals surface area contributed by atoms with Crippen LogP contribution in [-0.4, -0.2) is 0 Å². The Kier molecular flexibility index (Phi) is 6.91. The van der Waals surface area contributed by atoms with Crippen molar-refractivity contribution in [3.63, 3.8) is 0 Å². The highest BCUT2D eigenvalue weighted by atomic mass is 16.4.